The van der Waals surface area contributed by atoms with Crippen LogP contribution in [0.25, 0.3) is 5.82 Å². The number of hydrogen-bond acceptors (Lipinski definition) is 4. The van der Waals surface area contributed by atoms with Crippen LogP contribution in [0, 0.1) is 5.82 Å². The fourth-order valence-electron chi connectivity index (χ4n) is 2.99. The summed E-state index contributed by atoms with van der Waals surface area (Å²) >= 11 is 0. The average molecular weight is 372 g/mol. The smallest absolute Gasteiger partial charge is 0.373 e. The number of halogens is 4. The Morgan fingerprint density at radius 1 is 1.31 bits per heavy atom. The van der Waals surface area contributed by atoms with Gasteiger partial charge in [0.15, 0.2) is 5.82 Å². The summed E-state index contributed by atoms with van der Waals surface area (Å²) < 4.78 is 53.3. The predicted molar refractivity (Wildman–Crippen MR) is 81.8 cm³/mol. The molecule has 0 aliphatic carbocycles. The molecule has 2 aromatic rings. The molecule has 0 saturated heterocycles. The summed E-state index contributed by atoms with van der Waals surface area (Å²) in [5.41, 5.74) is -2.24. The minimum Gasteiger partial charge on any atom is -0.373 e. The number of rotatable bonds is 2. The summed E-state index contributed by atoms with van der Waals surface area (Å²) in [4.78, 5) is 17.1. The molecule has 1 amide bonds. The van der Waals surface area contributed by atoms with Crippen molar-refractivity contribution in [3.63, 3.8) is 0 Å². The van der Waals surface area contributed by atoms with E-state index in [4.69, 9.17) is 0 Å². The highest BCUT2D eigenvalue weighted by Crippen LogP contribution is 2.35. The van der Waals surface area contributed by atoms with Crippen molar-refractivity contribution in [2.24, 2.45) is 0 Å². The average Bonchev–Trinajstić information content (AvgIpc) is 2.98. The lowest BCUT2D eigenvalue weighted by atomic mass is 9.95. The fourth-order valence-corrected chi connectivity index (χ4v) is 2.99. The van der Waals surface area contributed by atoms with Gasteiger partial charge in [-0.3, -0.25) is 4.79 Å². The molecular formula is C16H16F4N4O2. The van der Waals surface area contributed by atoms with Crippen molar-refractivity contribution >= 4 is 5.91 Å². The first-order valence-electron chi connectivity index (χ1n) is 7.79. The zero-order valence-corrected chi connectivity index (χ0v) is 14.0. The van der Waals surface area contributed by atoms with Gasteiger partial charge >= 0.3 is 6.18 Å². The van der Waals surface area contributed by atoms with Crippen LogP contribution in [0.15, 0.2) is 24.5 Å². The fraction of sp³-hybridized carbons (Fsp3) is 0.438. The van der Waals surface area contributed by atoms with Crippen LogP contribution in [0.3, 0.4) is 0 Å². The highest BCUT2D eigenvalue weighted by Gasteiger charge is 2.57. The van der Waals surface area contributed by atoms with E-state index in [1.54, 1.807) is 6.92 Å². The molecule has 2 aromatic heterocycles. The molecule has 10 heteroatoms. The number of pyridine rings is 1. The molecule has 1 N–H and O–H groups in total. The third kappa shape index (κ3) is 2.94. The third-order valence-corrected chi connectivity index (χ3v) is 4.39. The van der Waals surface area contributed by atoms with Crippen LogP contribution in [0.4, 0.5) is 17.6 Å². The van der Waals surface area contributed by atoms with Gasteiger partial charge in [-0.2, -0.15) is 18.3 Å². The summed E-state index contributed by atoms with van der Waals surface area (Å²) in [5, 5.41) is 13.8. The first-order valence-corrected chi connectivity index (χ1v) is 7.79. The lowest BCUT2D eigenvalue weighted by Gasteiger charge is -2.36. The van der Waals surface area contributed by atoms with Gasteiger partial charge in [0.25, 0.3) is 5.91 Å². The van der Waals surface area contributed by atoms with Crippen LogP contribution < -0.4 is 0 Å². The Hall–Kier alpha value is -2.49. The maximum absolute atomic E-state index is 13.0. The maximum Gasteiger partial charge on any atom is 0.426 e. The Balaban J connectivity index is 1.91. The van der Waals surface area contributed by atoms with Crippen LogP contribution in [0.2, 0.25) is 0 Å². The molecule has 2 atom stereocenters. The third-order valence-electron chi connectivity index (χ3n) is 4.39. The van der Waals surface area contributed by atoms with Crippen molar-refractivity contribution in [3.05, 3.63) is 41.6 Å². The Kier molecular flexibility index (Phi) is 4.26. The van der Waals surface area contributed by atoms with Crippen molar-refractivity contribution in [2.45, 2.75) is 38.1 Å². The summed E-state index contributed by atoms with van der Waals surface area (Å²) in [7, 11) is 0. The number of alkyl halides is 3. The van der Waals surface area contributed by atoms with E-state index in [2.05, 4.69) is 10.1 Å². The number of hydrogen-bond donors (Lipinski definition) is 1. The molecule has 0 fully saturated rings. The zero-order valence-electron chi connectivity index (χ0n) is 14.0. The van der Waals surface area contributed by atoms with Crippen molar-refractivity contribution in [1.29, 1.82) is 0 Å². The molecule has 3 rings (SSSR count). The Labute approximate surface area is 146 Å². The quantitative estimate of drug-likeness (QED) is 0.821. The van der Waals surface area contributed by atoms with E-state index in [0.717, 1.165) is 11.1 Å². The Morgan fingerprint density at radius 2 is 2.00 bits per heavy atom. The zero-order chi connectivity index (χ0) is 19.3. The number of aromatic nitrogens is 3. The molecule has 140 valence electrons. The molecule has 6 nitrogen and oxygen atoms in total. The first kappa shape index (κ1) is 18.3. The molecule has 0 radical (unpaired) electrons. The van der Waals surface area contributed by atoms with E-state index in [0.29, 0.717) is 24.0 Å². The highest BCUT2D eigenvalue weighted by molar-refractivity contribution is 5.85. The summed E-state index contributed by atoms with van der Waals surface area (Å²) in [6.45, 7) is 2.03. The topological polar surface area (TPSA) is 71.2 Å². The van der Waals surface area contributed by atoms with E-state index in [1.165, 1.54) is 23.0 Å². The van der Waals surface area contributed by atoms with Gasteiger partial charge < -0.3 is 10.0 Å². The SMILES string of the molecule is C[C@H]1CN(C(=O)[C@@](C)(O)C(F)(F)F)Cc2cnn(-c3ccc(F)cn3)c21. The maximum atomic E-state index is 13.0. The Bertz CT molecular complexity index is 830. The number of aliphatic hydroxyl groups is 1. The molecule has 1 aliphatic rings. The number of carbonyl (C=O) groups excluding carboxylic acids is 1. The largest absolute Gasteiger partial charge is 0.426 e. The highest BCUT2D eigenvalue weighted by atomic mass is 19.4. The molecule has 1 aliphatic heterocycles. The van der Waals surface area contributed by atoms with Crippen LogP contribution >= 0.6 is 0 Å². The molecule has 26 heavy (non-hydrogen) atoms. The summed E-state index contributed by atoms with van der Waals surface area (Å²) in [6, 6.07) is 2.65. The molecular weight excluding hydrogens is 356 g/mol. The van der Waals surface area contributed by atoms with Gasteiger partial charge in [-0.05, 0) is 19.1 Å². The minimum atomic E-state index is -5.07. The first-order chi connectivity index (χ1) is 12.0. The normalized spacial score (nSPS) is 19.8. The second-order valence-electron chi connectivity index (χ2n) is 6.46. The number of carbonyl (C=O) groups is 1. The number of fused-ring (bicyclic) bond motifs is 1. The lowest BCUT2D eigenvalue weighted by molar-refractivity contribution is -0.250. The van der Waals surface area contributed by atoms with Crippen LogP contribution in [0.1, 0.15) is 31.0 Å². The van der Waals surface area contributed by atoms with Gasteiger partial charge in [-0.25, -0.2) is 14.1 Å². The Morgan fingerprint density at radius 3 is 2.58 bits per heavy atom. The minimum absolute atomic E-state index is 0.0229. The molecule has 0 spiro atoms. The second-order valence-corrected chi connectivity index (χ2v) is 6.46. The van der Waals surface area contributed by atoms with E-state index < -0.39 is 23.5 Å². The van der Waals surface area contributed by atoms with Gasteiger partial charge in [-0.15, -0.1) is 0 Å². The van der Waals surface area contributed by atoms with E-state index in [9.17, 15) is 27.5 Å². The van der Waals surface area contributed by atoms with E-state index in [-0.39, 0.29) is 19.0 Å². The van der Waals surface area contributed by atoms with Gasteiger partial charge in [0.1, 0.15) is 5.82 Å². The van der Waals surface area contributed by atoms with E-state index >= 15 is 0 Å². The predicted octanol–water partition coefficient (Wildman–Crippen LogP) is 2.17. The van der Waals surface area contributed by atoms with Gasteiger partial charge in [0.2, 0.25) is 5.60 Å². The van der Waals surface area contributed by atoms with Crippen LogP contribution in [-0.2, 0) is 11.3 Å². The summed E-state index contributed by atoms with van der Waals surface area (Å²) in [6.07, 6.45) is -2.61. The van der Waals surface area contributed by atoms with Crippen molar-refractivity contribution < 1.29 is 27.5 Å². The lowest BCUT2D eigenvalue weighted by Crippen LogP contribution is -2.57. The second kappa shape index (κ2) is 6.04. The van der Waals surface area contributed by atoms with Gasteiger partial charge in [-0.1, -0.05) is 6.92 Å². The van der Waals surface area contributed by atoms with Gasteiger partial charge in [0.05, 0.1) is 18.1 Å². The van der Waals surface area contributed by atoms with Crippen LogP contribution in [0.5, 0.6) is 0 Å². The van der Waals surface area contributed by atoms with E-state index in [1.807, 2.05) is 0 Å². The summed E-state index contributed by atoms with van der Waals surface area (Å²) in [5.74, 6) is -1.91. The van der Waals surface area contributed by atoms with Gasteiger partial charge in [0, 0.05) is 24.6 Å². The van der Waals surface area contributed by atoms with Crippen LogP contribution in [-0.4, -0.2) is 49.0 Å². The molecule has 0 aromatic carbocycles. The standard InChI is InChI=1S/C16H16F4N4O2/c1-9-7-23(14(25)15(2,26)16(18,19)20)8-10-5-22-24(13(9)10)12-4-3-11(17)6-21-12/h3-6,9,26H,7-8H2,1-2H3/t9-,15+/m0/s1. The van der Waals surface area contributed by atoms with Crippen molar-refractivity contribution in [3.8, 4) is 5.82 Å². The monoisotopic (exact) mass is 372 g/mol. The molecule has 3 heterocycles. The number of amides is 1. The van der Waals surface area contributed by atoms with Crippen molar-refractivity contribution in [2.75, 3.05) is 6.54 Å². The molecule has 0 bridgehead atoms. The molecule has 0 unspecified atom stereocenters. The number of nitrogens with zero attached hydrogens (tertiary/aromatic N) is 4. The van der Waals surface area contributed by atoms with Crippen molar-refractivity contribution in [1.82, 2.24) is 19.7 Å². The molecule has 0 saturated carbocycles.